The van der Waals surface area contributed by atoms with Crippen molar-refractivity contribution >= 4 is 23.0 Å². The van der Waals surface area contributed by atoms with Crippen LogP contribution in [-0.4, -0.2) is 34.0 Å². The Morgan fingerprint density at radius 2 is 2.16 bits per heavy atom. The smallest absolute Gasteiger partial charge is 0.134 e. The Kier molecular flexibility index (Phi) is 5.75. The van der Waals surface area contributed by atoms with E-state index in [9.17, 15) is 0 Å². The molecule has 0 aliphatic carbocycles. The zero-order valence-corrected chi connectivity index (χ0v) is 13.2. The minimum atomic E-state index is 0.197. The zero-order chi connectivity index (χ0) is 14.6. The molecule has 1 aromatic heterocycles. The predicted molar refractivity (Wildman–Crippen MR) is 82.6 cm³/mol. The van der Waals surface area contributed by atoms with Crippen molar-refractivity contribution in [2.75, 3.05) is 18.5 Å². The molecule has 1 unspecified atom stereocenters. The van der Waals surface area contributed by atoms with Gasteiger partial charge in [-0.1, -0.05) is 26.1 Å². The number of anilines is 1. The minimum absolute atomic E-state index is 0.197. The van der Waals surface area contributed by atoms with Gasteiger partial charge in [0, 0.05) is 13.7 Å². The third kappa shape index (κ3) is 3.91. The van der Waals surface area contributed by atoms with E-state index in [-0.39, 0.29) is 6.04 Å². The second-order valence-electron chi connectivity index (χ2n) is 4.95. The molecular weight excluding hydrogens is 260 g/mol. The summed E-state index contributed by atoms with van der Waals surface area (Å²) in [5.74, 6) is 1.30. The highest BCUT2D eigenvalue weighted by atomic mass is 32.1. The quantitative estimate of drug-likeness (QED) is 0.748. The van der Waals surface area contributed by atoms with Gasteiger partial charge in [0.25, 0.3) is 0 Å². The molecule has 0 saturated carbocycles. The van der Waals surface area contributed by atoms with Crippen molar-refractivity contribution in [1.82, 2.24) is 9.78 Å². The normalized spacial score (nSPS) is 12.7. The summed E-state index contributed by atoms with van der Waals surface area (Å²) in [7, 11) is 1.88. The van der Waals surface area contributed by atoms with Crippen molar-refractivity contribution in [2.45, 2.75) is 33.7 Å². The van der Waals surface area contributed by atoms with Gasteiger partial charge in [0.15, 0.2) is 0 Å². The van der Waals surface area contributed by atoms with Gasteiger partial charge in [-0.25, -0.2) is 0 Å². The molecule has 3 N–H and O–H groups in total. The SMILES string of the molecule is CCOCC(Nc1c(C(N)=S)c(C)nn1C)C(C)C. The van der Waals surface area contributed by atoms with Crippen LogP contribution in [0.1, 0.15) is 32.0 Å². The number of nitrogens with zero attached hydrogens (tertiary/aromatic N) is 2. The van der Waals surface area contributed by atoms with Crippen molar-refractivity contribution in [2.24, 2.45) is 18.7 Å². The van der Waals surface area contributed by atoms with Gasteiger partial charge in [-0.3, -0.25) is 4.68 Å². The van der Waals surface area contributed by atoms with E-state index in [1.807, 2.05) is 20.9 Å². The number of aryl methyl sites for hydroxylation is 2. The molecule has 6 heteroatoms. The number of rotatable bonds is 7. The molecule has 1 aromatic rings. The summed E-state index contributed by atoms with van der Waals surface area (Å²) in [5, 5.41) is 7.83. The molecule has 1 rings (SSSR count). The molecule has 0 fully saturated rings. The first-order valence-electron chi connectivity index (χ1n) is 6.56. The van der Waals surface area contributed by atoms with Crippen LogP contribution in [0.5, 0.6) is 0 Å². The molecule has 108 valence electrons. The number of nitrogens with one attached hydrogen (secondary N) is 1. The Labute approximate surface area is 120 Å². The number of thiocarbonyl (C=S) groups is 1. The Bertz CT molecular complexity index is 442. The Balaban J connectivity index is 2.98. The van der Waals surface area contributed by atoms with Gasteiger partial charge in [-0.15, -0.1) is 0 Å². The fourth-order valence-corrected chi connectivity index (χ4v) is 2.18. The molecule has 5 nitrogen and oxygen atoms in total. The zero-order valence-electron chi connectivity index (χ0n) is 12.4. The van der Waals surface area contributed by atoms with Gasteiger partial charge in [0.2, 0.25) is 0 Å². The van der Waals surface area contributed by atoms with Crippen LogP contribution in [0, 0.1) is 12.8 Å². The van der Waals surface area contributed by atoms with Crippen LogP contribution in [0.15, 0.2) is 0 Å². The third-order valence-corrected chi connectivity index (χ3v) is 3.30. The Hall–Kier alpha value is -1.14. The lowest BCUT2D eigenvalue weighted by atomic mass is 10.1. The van der Waals surface area contributed by atoms with Crippen molar-refractivity contribution in [3.63, 3.8) is 0 Å². The second kappa shape index (κ2) is 6.86. The van der Waals surface area contributed by atoms with E-state index in [4.69, 9.17) is 22.7 Å². The molecule has 0 amide bonds. The highest BCUT2D eigenvalue weighted by Gasteiger charge is 2.20. The summed E-state index contributed by atoms with van der Waals surface area (Å²) in [6, 6.07) is 0.197. The van der Waals surface area contributed by atoms with Crippen LogP contribution in [0.25, 0.3) is 0 Å². The number of hydrogen-bond donors (Lipinski definition) is 2. The summed E-state index contributed by atoms with van der Waals surface area (Å²) >= 11 is 5.11. The highest BCUT2D eigenvalue weighted by molar-refractivity contribution is 7.80. The van der Waals surface area contributed by atoms with E-state index in [1.165, 1.54) is 0 Å². The molecule has 19 heavy (non-hydrogen) atoms. The van der Waals surface area contributed by atoms with Crippen LogP contribution in [0.2, 0.25) is 0 Å². The second-order valence-corrected chi connectivity index (χ2v) is 5.39. The van der Waals surface area contributed by atoms with Crippen molar-refractivity contribution < 1.29 is 4.74 Å². The number of aromatic nitrogens is 2. The van der Waals surface area contributed by atoms with Crippen LogP contribution >= 0.6 is 12.2 Å². The summed E-state index contributed by atoms with van der Waals surface area (Å²) in [6.07, 6.45) is 0. The monoisotopic (exact) mass is 284 g/mol. The standard InChI is InChI=1S/C13H24N4OS/c1-6-18-7-10(8(2)3)15-13-11(12(14)19)9(4)16-17(13)5/h8,10,15H,6-7H2,1-5H3,(H2,14,19). The van der Waals surface area contributed by atoms with Gasteiger partial charge in [-0.2, -0.15) is 5.10 Å². The summed E-state index contributed by atoms with van der Waals surface area (Å²) in [5.41, 5.74) is 7.45. The van der Waals surface area contributed by atoms with E-state index in [2.05, 4.69) is 24.3 Å². The molecule has 0 aliphatic heterocycles. The fourth-order valence-electron chi connectivity index (χ4n) is 1.94. The first kappa shape index (κ1) is 15.9. The molecule has 0 aromatic carbocycles. The first-order valence-corrected chi connectivity index (χ1v) is 6.96. The Morgan fingerprint density at radius 3 is 2.63 bits per heavy atom. The lowest BCUT2D eigenvalue weighted by Crippen LogP contribution is -2.32. The van der Waals surface area contributed by atoms with Gasteiger partial charge in [0.1, 0.15) is 10.8 Å². The van der Waals surface area contributed by atoms with Crippen LogP contribution in [0.4, 0.5) is 5.82 Å². The number of ether oxygens (including phenoxy) is 1. The predicted octanol–water partition coefficient (Wildman–Crippen LogP) is 1.84. The number of nitrogens with two attached hydrogens (primary N) is 1. The lowest BCUT2D eigenvalue weighted by molar-refractivity contribution is 0.126. The maximum Gasteiger partial charge on any atom is 0.134 e. The molecule has 0 saturated heterocycles. The molecule has 1 heterocycles. The molecule has 0 radical (unpaired) electrons. The molecule has 1 atom stereocenters. The van der Waals surface area contributed by atoms with Gasteiger partial charge in [-0.05, 0) is 19.8 Å². The van der Waals surface area contributed by atoms with Crippen molar-refractivity contribution in [3.05, 3.63) is 11.3 Å². The van der Waals surface area contributed by atoms with Gasteiger partial charge >= 0.3 is 0 Å². The largest absolute Gasteiger partial charge is 0.389 e. The average Bonchev–Trinajstić information content (AvgIpc) is 2.58. The summed E-state index contributed by atoms with van der Waals surface area (Å²) in [4.78, 5) is 0.368. The van der Waals surface area contributed by atoms with E-state index in [0.717, 1.165) is 17.1 Å². The molecular formula is C13H24N4OS. The first-order chi connectivity index (χ1) is 8.88. The van der Waals surface area contributed by atoms with E-state index in [0.29, 0.717) is 24.1 Å². The summed E-state index contributed by atoms with van der Waals surface area (Å²) in [6.45, 7) is 9.56. The van der Waals surface area contributed by atoms with E-state index < -0.39 is 0 Å². The fraction of sp³-hybridized carbons (Fsp3) is 0.692. The maximum absolute atomic E-state index is 5.79. The minimum Gasteiger partial charge on any atom is -0.389 e. The molecule has 0 aliphatic rings. The van der Waals surface area contributed by atoms with Gasteiger partial charge < -0.3 is 15.8 Å². The molecule has 0 bridgehead atoms. The van der Waals surface area contributed by atoms with E-state index >= 15 is 0 Å². The van der Waals surface area contributed by atoms with Crippen molar-refractivity contribution in [3.8, 4) is 0 Å². The Morgan fingerprint density at radius 1 is 1.53 bits per heavy atom. The molecule has 0 spiro atoms. The summed E-state index contributed by atoms with van der Waals surface area (Å²) < 4.78 is 7.30. The average molecular weight is 284 g/mol. The van der Waals surface area contributed by atoms with Crippen molar-refractivity contribution in [1.29, 1.82) is 0 Å². The van der Waals surface area contributed by atoms with Crippen LogP contribution < -0.4 is 11.1 Å². The van der Waals surface area contributed by atoms with Crippen LogP contribution in [0.3, 0.4) is 0 Å². The number of hydrogen-bond acceptors (Lipinski definition) is 4. The highest BCUT2D eigenvalue weighted by Crippen LogP contribution is 2.21. The maximum atomic E-state index is 5.79. The van der Waals surface area contributed by atoms with Gasteiger partial charge in [0.05, 0.1) is 23.9 Å². The third-order valence-electron chi connectivity index (χ3n) is 3.10. The van der Waals surface area contributed by atoms with Crippen LogP contribution in [-0.2, 0) is 11.8 Å². The topological polar surface area (TPSA) is 65.1 Å². The lowest BCUT2D eigenvalue weighted by Gasteiger charge is -2.24. The van der Waals surface area contributed by atoms with E-state index in [1.54, 1.807) is 4.68 Å².